The Kier molecular flexibility index (Phi) is 1.71. The van der Waals surface area contributed by atoms with E-state index >= 15 is 0 Å². The molecule has 2 rings (SSSR count). The molecule has 1 heterocycles. The van der Waals surface area contributed by atoms with E-state index in [4.69, 9.17) is 5.26 Å². The van der Waals surface area contributed by atoms with Crippen molar-refractivity contribution in [1.29, 1.82) is 5.26 Å². The zero-order chi connectivity index (χ0) is 10.3. The van der Waals surface area contributed by atoms with Crippen LogP contribution in [0.3, 0.4) is 0 Å². The van der Waals surface area contributed by atoms with Gasteiger partial charge in [-0.15, -0.1) is 0 Å². The molecule has 0 aliphatic carbocycles. The second-order valence-corrected chi connectivity index (χ2v) is 2.73. The lowest BCUT2D eigenvalue weighted by Gasteiger charge is -2.00. The summed E-state index contributed by atoms with van der Waals surface area (Å²) in [5.74, 6) is -2.67. The van der Waals surface area contributed by atoms with Crippen LogP contribution in [-0.4, -0.2) is 5.97 Å². The van der Waals surface area contributed by atoms with Gasteiger partial charge in [0.1, 0.15) is 23.3 Å². The Balaban J connectivity index is 2.74. The third-order valence-corrected chi connectivity index (χ3v) is 1.95. The first-order valence-electron chi connectivity index (χ1n) is 3.73. The number of nitrogens with zero attached hydrogens (tertiary/aromatic N) is 1. The van der Waals surface area contributed by atoms with E-state index in [1.165, 1.54) is 0 Å². The van der Waals surface area contributed by atoms with Crippen LogP contribution < -0.4 is 0 Å². The van der Waals surface area contributed by atoms with E-state index in [0.717, 1.165) is 12.1 Å². The van der Waals surface area contributed by atoms with Gasteiger partial charge in [0, 0.05) is 0 Å². The lowest BCUT2D eigenvalue weighted by Crippen LogP contribution is -1.98. The Morgan fingerprint density at radius 3 is 2.64 bits per heavy atom. The monoisotopic (exact) mass is 195 g/mol. The Hall–Kier alpha value is -1.96. The molecular weight excluding hydrogens is 192 g/mol. The van der Waals surface area contributed by atoms with Gasteiger partial charge in [-0.1, -0.05) is 0 Å². The fraction of sp³-hybridized carbons (Fsp3) is 0.111. The number of nitriles is 1. The quantitative estimate of drug-likeness (QED) is 0.592. The molecule has 1 aromatic rings. The van der Waals surface area contributed by atoms with Gasteiger partial charge in [0.15, 0.2) is 0 Å². The minimum Gasteiger partial charge on any atom is -0.438 e. The van der Waals surface area contributed by atoms with Gasteiger partial charge in [0.2, 0.25) is 6.10 Å². The molecule has 0 aromatic heterocycles. The smallest absolute Gasteiger partial charge is 0.343 e. The average Bonchev–Trinajstić information content (AvgIpc) is 2.50. The molecular formula is C9H3F2NO2. The van der Waals surface area contributed by atoms with E-state index in [2.05, 4.69) is 4.74 Å². The second-order valence-electron chi connectivity index (χ2n) is 2.73. The summed E-state index contributed by atoms with van der Waals surface area (Å²) in [5.41, 5.74) is -0.783. The van der Waals surface area contributed by atoms with Gasteiger partial charge < -0.3 is 4.74 Å². The maximum absolute atomic E-state index is 13.1. The highest BCUT2D eigenvalue weighted by Crippen LogP contribution is 2.33. The largest absolute Gasteiger partial charge is 0.438 e. The van der Waals surface area contributed by atoms with Crippen LogP contribution in [0.5, 0.6) is 0 Å². The summed E-state index contributed by atoms with van der Waals surface area (Å²) >= 11 is 0. The Bertz CT molecular complexity index is 465. The van der Waals surface area contributed by atoms with Gasteiger partial charge in [-0.3, -0.25) is 0 Å². The molecule has 0 N–H and O–H groups in total. The van der Waals surface area contributed by atoms with Crippen molar-refractivity contribution >= 4 is 5.97 Å². The van der Waals surface area contributed by atoms with Gasteiger partial charge in [0.05, 0.1) is 5.56 Å². The predicted octanol–water partition coefficient (Wildman–Crippen LogP) is 1.70. The van der Waals surface area contributed by atoms with Crippen molar-refractivity contribution in [2.45, 2.75) is 6.10 Å². The first kappa shape index (κ1) is 8.63. The van der Waals surface area contributed by atoms with Gasteiger partial charge in [-0.25, -0.2) is 13.6 Å². The van der Waals surface area contributed by atoms with Crippen molar-refractivity contribution in [2.24, 2.45) is 0 Å². The number of hydrogen-bond acceptors (Lipinski definition) is 3. The highest BCUT2D eigenvalue weighted by Gasteiger charge is 2.36. The van der Waals surface area contributed by atoms with Crippen molar-refractivity contribution < 1.29 is 18.3 Å². The topological polar surface area (TPSA) is 50.1 Å². The first-order valence-corrected chi connectivity index (χ1v) is 3.73. The molecule has 1 aromatic carbocycles. The molecule has 1 aliphatic rings. The van der Waals surface area contributed by atoms with Crippen molar-refractivity contribution in [3.05, 3.63) is 34.9 Å². The third kappa shape index (κ3) is 0.973. The van der Waals surface area contributed by atoms with Crippen LogP contribution in [0.15, 0.2) is 12.1 Å². The number of benzene rings is 1. The van der Waals surface area contributed by atoms with Crippen molar-refractivity contribution in [1.82, 2.24) is 0 Å². The summed E-state index contributed by atoms with van der Waals surface area (Å²) in [6, 6.07) is 3.26. The van der Waals surface area contributed by atoms with E-state index in [-0.39, 0.29) is 5.56 Å². The van der Waals surface area contributed by atoms with Gasteiger partial charge in [0.25, 0.3) is 0 Å². The standard InChI is InChI=1S/C9H3F2NO2/c10-4-1-2-5(11)8-7(4)6(3-12)14-9(8)13/h1-2,6H. The van der Waals surface area contributed by atoms with Gasteiger partial charge in [-0.05, 0) is 12.1 Å². The number of carbonyl (C=O) groups is 1. The molecule has 0 bridgehead atoms. The van der Waals surface area contributed by atoms with Crippen LogP contribution in [0, 0.1) is 23.0 Å². The zero-order valence-corrected chi connectivity index (χ0v) is 6.75. The van der Waals surface area contributed by atoms with Crippen LogP contribution >= 0.6 is 0 Å². The lowest BCUT2D eigenvalue weighted by molar-refractivity contribution is 0.0473. The molecule has 0 saturated heterocycles. The fourth-order valence-electron chi connectivity index (χ4n) is 1.35. The van der Waals surface area contributed by atoms with Crippen molar-refractivity contribution in [3.8, 4) is 6.07 Å². The molecule has 1 aliphatic heterocycles. The predicted molar refractivity (Wildman–Crippen MR) is 40.1 cm³/mol. The second kappa shape index (κ2) is 2.77. The summed E-state index contributed by atoms with van der Waals surface area (Å²) in [5, 5.41) is 8.53. The minimum absolute atomic E-state index is 0.308. The van der Waals surface area contributed by atoms with Crippen LogP contribution in [0.25, 0.3) is 0 Å². The number of hydrogen-bond donors (Lipinski definition) is 0. The molecule has 0 spiro atoms. The molecule has 0 amide bonds. The molecule has 0 fully saturated rings. The van der Waals surface area contributed by atoms with Crippen molar-refractivity contribution in [2.75, 3.05) is 0 Å². The van der Waals surface area contributed by atoms with E-state index in [1.54, 1.807) is 6.07 Å². The van der Waals surface area contributed by atoms with Crippen LogP contribution in [0.4, 0.5) is 8.78 Å². The highest BCUT2D eigenvalue weighted by molar-refractivity contribution is 5.94. The van der Waals surface area contributed by atoms with E-state index < -0.39 is 29.3 Å². The SMILES string of the molecule is N#CC1OC(=O)c2c(F)ccc(F)c21. The number of carbonyl (C=O) groups excluding carboxylic acids is 1. The third-order valence-electron chi connectivity index (χ3n) is 1.95. The highest BCUT2D eigenvalue weighted by atomic mass is 19.1. The van der Waals surface area contributed by atoms with Crippen molar-refractivity contribution in [3.63, 3.8) is 0 Å². The molecule has 3 nitrogen and oxygen atoms in total. The number of halogens is 2. The lowest BCUT2D eigenvalue weighted by atomic mass is 10.0. The molecule has 1 unspecified atom stereocenters. The molecule has 1 atom stereocenters. The summed E-state index contributed by atoms with van der Waals surface area (Å²) in [6.45, 7) is 0. The number of cyclic esters (lactones) is 1. The molecule has 0 radical (unpaired) electrons. The molecule has 0 saturated carbocycles. The normalized spacial score (nSPS) is 18.6. The summed E-state index contributed by atoms with van der Waals surface area (Å²) in [7, 11) is 0. The van der Waals surface area contributed by atoms with Crippen LogP contribution in [0.2, 0.25) is 0 Å². The van der Waals surface area contributed by atoms with Crippen LogP contribution in [0.1, 0.15) is 22.0 Å². The summed E-state index contributed by atoms with van der Waals surface area (Å²) in [6.07, 6.45) is -1.34. The van der Waals surface area contributed by atoms with Crippen LogP contribution in [-0.2, 0) is 4.74 Å². The number of ether oxygens (including phenoxy) is 1. The molecule has 14 heavy (non-hydrogen) atoms. The maximum Gasteiger partial charge on any atom is 0.343 e. The number of rotatable bonds is 0. The summed E-state index contributed by atoms with van der Waals surface area (Å²) < 4.78 is 30.6. The first-order chi connectivity index (χ1) is 6.65. The molecule has 70 valence electrons. The maximum atomic E-state index is 13.1. The molecule has 5 heteroatoms. The summed E-state index contributed by atoms with van der Waals surface area (Å²) in [4.78, 5) is 11.0. The van der Waals surface area contributed by atoms with E-state index in [9.17, 15) is 13.6 Å². The van der Waals surface area contributed by atoms with E-state index in [0.29, 0.717) is 0 Å². The van der Waals surface area contributed by atoms with Gasteiger partial charge in [-0.2, -0.15) is 5.26 Å². The Morgan fingerprint density at radius 2 is 2.00 bits per heavy atom. The zero-order valence-electron chi connectivity index (χ0n) is 6.75. The minimum atomic E-state index is -1.34. The average molecular weight is 195 g/mol. The fourth-order valence-corrected chi connectivity index (χ4v) is 1.35. The van der Waals surface area contributed by atoms with E-state index in [1.807, 2.05) is 0 Å². The Morgan fingerprint density at radius 1 is 1.36 bits per heavy atom. The van der Waals surface area contributed by atoms with Gasteiger partial charge >= 0.3 is 5.97 Å². The number of fused-ring (bicyclic) bond motifs is 1. The number of esters is 1. The Labute approximate surface area is 77.5 Å².